The van der Waals surface area contributed by atoms with Crippen LogP contribution in [0, 0.1) is 6.92 Å². The molecule has 0 bridgehead atoms. The number of ether oxygens (including phenoxy) is 4. The van der Waals surface area contributed by atoms with Gasteiger partial charge < -0.3 is 33.6 Å². The molecule has 0 amide bonds. The molecule has 2 fully saturated rings. The van der Waals surface area contributed by atoms with Crippen LogP contribution in [-0.2, 0) is 14.2 Å². The van der Waals surface area contributed by atoms with Crippen LogP contribution in [0.1, 0.15) is 17.4 Å². The van der Waals surface area contributed by atoms with Crippen molar-refractivity contribution in [2.24, 2.45) is 0 Å². The topological polar surface area (TPSA) is 108 Å². The fraction of sp³-hybridized carbons (Fsp3) is 0.348. The fourth-order valence-corrected chi connectivity index (χ4v) is 3.97. The van der Waals surface area contributed by atoms with Crippen LogP contribution in [0.15, 0.2) is 63.8 Å². The molecular formula is C23H22O8. The number of benzene rings is 2. The first-order valence-corrected chi connectivity index (χ1v) is 10.0. The van der Waals surface area contributed by atoms with Gasteiger partial charge in [0.25, 0.3) is 0 Å². The molecular weight excluding hydrogens is 404 g/mol. The van der Waals surface area contributed by atoms with E-state index in [9.17, 15) is 15.0 Å². The van der Waals surface area contributed by atoms with E-state index in [0.717, 1.165) is 16.5 Å². The third-order valence-corrected chi connectivity index (χ3v) is 5.58. The van der Waals surface area contributed by atoms with Crippen molar-refractivity contribution in [2.75, 3.05) is 6.61 Å². The van der Waals surface area contributed by atoms with Crippen LogP contribution in [0.5, 0.6) is 5.75 Å². The van der Waals surface area contributed by atoms with Gasteiger partial charge in [0.2, 0.25) is 6.29 Å². The van der Waals surface area contributed by atoms with Gasteiger partial charge in [0.05, 0.1) is 6.61 Å². The lowest BCUT2D eigenvalue weighted by molar-refractivity contribution is -0.350. The minimum Gasteiger partial charge on any atom is -0.462 e. The SMILES string of the molecule is Cc1cc(=O)oc2cc(OC3OC4COC(c5ccccc5)OC4C(O)C3O)ccc12. The second-order valence-corrected chi connectivity index (χ2v) is 7.73. The number of hydrogen-bond donors (Lipinski definition) is 2. The molecule has 31 heavy (non-hydrogen) atoms. The van der Waals surface area contributed by atoms with E-state index in [2.05, 4.69) is 0 Å². The molecule has 5 rings (SSSR count). The van der Waals surface area contributed by atoms with Gasteiger partial charge >= 0.3 is 5.63 Å². The van der Waals surface area contributed by atoms with E-state index in [-0.39, 0.29) is 6.61 Å². The Bertz CT molecular complexity index is 1130. The van der Waals surface area contributed by atoms with E-state index < -0.39 is 42.6 Å². The number of fused-ring (bicyclic) bond motifs is 2. The van der Waals surface area contributed by atoms with Crippen LogP contribution in [-0.4, -0.2) is 47.5 Å². The normalized spacial score (nSPS) is 30.7. The minimum absolute atomic E-state index is 0.166. The fourth-order valence-electron chi connectivity index (χ4n) is 3.97. The summed E-state index contributed by atoms with van der Waals surface area (Å²) in [6, 6.07) is 15.8. The molecule has 2 aliphatic heterocycles. The highest BCUT2D eigenvalue weighted by molar-refractivity contribution is 5.81. The number of aliphatic hydroxyl groups excluding tert-OH is 2. The van der Waals surface area contributed by atoms with Crippen molar-refractivity contribution in [3.05, 3.63) is 76.1 Å². The molecule has 0 radical (unpaired) electrons. The third kappa shape index (κ3) is 3.84. The Hall–Kier alpha value is -2.75. The summed E-state index contributed by atoms with van der Waals surface area (Å²) in [4.78, 5) is 11.7. The summed E-state index contributed by atoms with van der Waals surface area (Å²) >= 11 is 0. The monoisotopic (exact) mass is 426 g/mol. The number of aryl methyl sites for hydroxylation is 1. The molecule has 0 aliphatic carbocycles. The van der Waals surface area contributed by atoms with Gasteiger partial charge in [0.1, 0.15) is 35.7 Å². The molecule has 0 saturated carbocycles. The molecule has 2 saturated heterocycles. The highest BCUT2D eigenvalue weighted by Crippen LogP contribution is 2.35. The van der Waals surface area contributed by atoms with Crippen LogP contribution >= 0.6 is 0 Å². The zero-order valence-electron chi connectivity index (χ0n) is 16.7. The standard InChI is InChI=1S/C23H22O8/c1-12-9-18(24)29-16-10-14(7-8-15(12)16)28-23-20(26)19(25)21-17(30-23)11-27-22(31-21)13-5-3-2-4-6-13/h2-10,17,19-23,25-26H,11H2,1H3. The van der Waals surface area contributed by atoms with Crippen molar-refractivity contribution < 1.29 is 33.6 Å². The maximum absolute atomic E-state index is 11.7. The van der Waals surface area contributed by atoms with Crippen LogP contribution in [0.25, 0.3) is 11.0 Å². The Morgan fingerprint density at radius 1 is 1.00 bits per heavy atom. The van der Waals surface area contributed by atoms with Gasteiger partial charge in [-0.25, -0.2) is 4.79 Å². The smallest absolute Gasteiger partial charge is 0.336 e. The summed E-state index contributed by atoms with van der Waals surface area (Å²) < 4.78 is 28.5. The number of hydrogen-bond acceptors (Lipinski definition) is 8. The van der Waals surface area contributed by atoms with Crippen molar-refractivity contribution in [1.29, 1.82) is 0 Å². The first kappa shape index (κ1) is 20.2. The summed E-state index contributed by atoms with van der Waals surface area (Å²) in [5, 5.41) is 22.1. The molecule has 6 unspecified atom stereocenters. The van der Waals surface area contributed by atoms with Crippen LogP contribution in [0.3, 0.4) is 0 Å². The largest absolute Gasteiger partial charge is 0.462 e. The van der Waals surface area contributed by atoms with Crippen molar-refractivity contribution in [3.63, 3.8) is 0 Å². The quantitative estimate of drug-likeness (QED) is 0.613. The number of aliphatic hydroxyl groups is 2. The Morgan fingerprint density at radius 3 is 2.61 bits per heavy atom. The van der Waals surface area contributed by atoms with Crippen LogP contribution < -0.4 is 10.4 Å². The zero-order chi connectivity index (χ0) is 21.5. The lowest BCUT2D eigenvalue weighted by atomic mass is 9.98. The van der Waals surface area contributed by atoms with Gasteiger partial charge in [-0.1, -0.05) is 30.3 Å². The van der Waals surface area contributed by atoms with Gasteiger partial charge in [0, 0.05) is 23.1 Å². The molecule has 162 valence electrons. The lowest BCUT2D eigenvalue weighted by Gasteiger charge is -2.46. The van der Waals surface area contributed by atoms with Crippen molar-refractivity contribution in [1.82, 2.24) is 0 Å². The highest BCUT2D eigenvalue weighted by atomic mass is 16.8. The summed E-state index contributed by atoms with van der Waals surface area (Å²) in [7, 11) is 0. The Kier molecular flexibility index (Phi) is 5.25. The van der Waals surface area contributed by atoms with Gasteiger partial charge in [-0.05, 0) is 24.6 Å². The van der Waals surface area contributed by atoms with E-state index in [1.165, 1.54) is 6.07 Å². The van der Waals surface area contributed by atoms with E-state index >= 15 is 0 Å². The predicted molar refractivity (Wildman–Crippen MR) is 109 cm³/mol. The van der Waals surface area contributed by atoms with Crippen molar-refractivity contribution >= 4 is 11.0 Å². The molecule has 8 heteroatoms. The Balaban J connectivity index is 1.33. The third-order valence-electron chi connectivity index (χ3n) is 5.58. The summed E-state index contributed by atoms with van der Waals surface area (Å²) in [5.74, 6) is 0.329. The lowest BCUT2D eigenvalue weighted by Crippen LogP contribution is -2.62. The molecule has 2 N–H and O–H groups in total. The van der Waals surface area contributed by atoms with E-state index in [4.69, 9.17) is 23.4 Å². The predicted octanol–water partition coefficient (Wildman–Crippen LogP) is 2.04. The summed E-state index contributed by atoms with van der Waals surface area (Å²) in [6.07, 6.45) is -5.78. The van der Waals surface area contributed by atoms with Gasteiger partial charge in [-0.15, -0.1) is 0 Å². The first-order chi connectivity index (χ1) is 15.0. The van der Waals surface area contributed by atoms with Gasteiger partial charge in [0.15, 0.2) is 6.29 Å². The molecule has 2 aromatic carbocycles. The summed E-state index contributed by atoms with van der Waals surface area (Å²) in [5.41, 5.74) is 1.50. The molecule has 3 heterocycles. The average molecular weight is 426 g/mol. The average Bonchev–Trinajstić information content (AvgIpc) is 2.77. The number of rotatable bonds is 3. The molecule has 0 spiro atoms. The maximum atomic E-state index is 11.7. The molecule has 3 aromatic rings. The van der Waals surface area contributed by atoms with Gasteiger partial charge in [-0.2, -0.15) is 0 Å². The van der Waals surface area contributed by atoms with Gasteiger partial charge in [-0.3, -0.25) is 0 Å². The summed E-state index contributed by atoms with van der Waals surface area (Å²) in [6.45, 7) is 1.98. The van der Waals surface area contributed by atoms with Crippen molar-refractivity contribution in [3.8, 4) is 5.75 Å². The first-order valence-electron chi connectivity index (χ1n) is 10.0. The molecule has 1 aromatic heterocycles. The Morgan fingerprint density at radius 2 is 1.81 bits per heavy atom. The van der Waals surface area contributed by atoms with E-state index in [1.54, 1.807) is 18.2 Å². The van der Waals surface area contributed by atoms with E-state index in [0.29, 0.717) is 11.3 Å². The molecule has 8 nitrogen and oxygen atoms in total. The van der Waals surface area contributed by atoms with E-state index in [1.807, 2.05) is 37.3 Å². The highest BCUT2D eigenvalue weighted by Gasteiger charge is 2.49. The minimum atomic E-state index is -1.35. The van der Waals surface area contributed by atoms with Crippen LogP contribution in [0.2, 0.25) is 0 Å². The second-order valence-electron chi connectivity index (χ2n) is 7.73. The Labute approximate surface area is 177 Å². The second kappa shape index (κ2) is 8.07. The van der Waals surface area contributed by atoms with Crippen LogP contribution in [0.4, 0.5) is 0 Å². The molecule has 2 aliphatic rings. The zero-order valence-corrected chi connectivity index (χ0v) is 16.7. The molecule has 6 atom stereocenters. The van der Waals surface area contributed by atoms with Crippen molar-refractivity contribution in [2.45, 2.75) is 43.9 Å². The maximum Gasteiger partial charge on any atom is 0.336 e.